The van der Waals surface area contributed by atoms with Crippen molar-refractivity contribution in [2.75, 3.05) is 11.9 Å². The highest BCUT2D eigenvalue weighted by molar-refractivity contribution is 5.94. The van der Waals surface area contributed by atoms with E-state index in [0.717, 1.165) is 16.9 Å². The minimum Gasteiger partial charge on any atom is -0.484 e. The van der Waals surface area contributed by atoms with Gasteiger partial charge in [-0.2, -0.15) is 0 Å². The molecule has 0 aliphatic rings. The average molecular weight is 295 g/mol. The number of benzene rings is 2. The summed E-state index contributed by atoms with van der Waals surface area (Å²) in [5.41, 5.74) is 2.62. The lowest BCUT2D eigenvalue weighted by atomic mass is 10.2. The van der Waals surface area contributed by atoms with Crippen LogP contribution in [0.15, 0.2) is 48.5 Å². The molecule has 112 valence electrons. The molecular weight excluding hydrogens is 278 g/mol. The first-order valence-corrected chi connectivity index (χ1v) is 7.04. The van der Waals surface area contributed by atoms with Crippen molar-refractivity contribution in [3.63, 3.8) is 0 Å². The molecule has 0 unspecified atom stereocenters. The number of hydrogen-bond donors (Lipinski definition) is 1. The summed E-state index contributed by atoms with van der Waals surface area (Å²) in [5, 5.41) is 2.82. The van der Waals surface area contributed by atoms with Gasteiger partial charge in [-0.3, -0.25) is 4.79 Å². The Morgan fingerprint density at radius 1 is 1.23 bits per heavy atom. The first-order valence-electron chi connectivity index (χ1n) is 7.04. The molecular formula is C17H17N3O2. The third-order valence-electron chi connectivity index (χ3n) is 3.50. The van der Waals surface area contributed by atoms with Crippen molar-refractivity contribution < 1.29 is 9.53 Å². The van der Waals surface area contributed by atoms with Crippen LogP contribution in [0.3, 0.4) is 0 Å². The van der Waals surface area contributed by atoms with Gasteiger partial charge in [-0.1, -0.05) is 18.2 Å². The Balaban J connectivity index is 1.66. The van der Waals surface area contributed by atoms with Crippen molar-refractivity contribution in [3.05, 3.63) is 54.4 Å². The first-order chi connectivity index (χ1) is 10.6. The van der Waals surface area contributed by atoms with Gasteiger partial charge in [0.15, 0.2) is 6.61 Å². The summed E-state index contributed by atoms with van der Waals surface area (Å²) in [4.78, 5) is 16.4. The van der Waals surface area contributed by atoms with Gasteiger partial charge in [0.2, 0.25) is 0 Å². The lowest BCUT2D eigenvalue weighted by Crippen LogP contribution is -2.20. The van der Waals surface area contributed by atoms with Crippen LogP contribution in [-0.4, -0.2) is 22.1 Å². The molecule has 5 heteroatoms. The molecule has 22 heavy (non-hydrogen) atoms. The normalized spacial score (nSPS) is 10.6. The Bertz CT molecular complexity index is 809. The molecule has 0 saturated carbocycles. The van der Waals surface area contributed by atoms with Gasteiger partial charge < -0.3 is 14.6 Å². The number of carbonyl (C=O) groups is 1. The summed E-state index contributed by atoms with van der Waals surface area (Å²) < 4.78 is 7.43. The SMILES string of the molecule is Cc1nc2cc(NC(=O)COc3ccccc3)ccc2n1C. The van der Waals surface area contributed by atoms with Gasteiger partial charge in [-0.05, 0) is 37.3 Å². The first kappa shape index (κ1) is 14.1. The Labute approximate surface area is 128 Å². The molecule has 0 aliphatic carbocycles. The predicted molar refractivity (Wildman–Crippen MR) is 86.0 cm³/mol. The maximum atomic E-state index is 11.9. The van der Waals surface area contributed by atoms with Crippen LogP contribution in [0.4, 0.5) is 5.69 Å². The monoisotopic (exact) mass is 295 g/mol. The molecule has 5 nitrogen and oxygen atoms in total. The van der Waals surface area contributed by atoms with Gasteiger partial charge in [0, 0.05) is 12.7 Å². The topological polar surface area (TPSA) is 56.1 Å². The number of fused-ring (bicyclic) bond motifs is 1. The van der Waals surface area contributed by atoms with Crippen molar-refractivity contribution in [3.8, 4) is 5.75 Å². The summed E-state index contributed by atoms with van der Waals surface area (Å²) in [6.07, 6.45) is 0. The van der Waals surface area contributed by atoms with Crippen molar-refractivity contribution >= 4 is 22.6 Å². The molecule has 2 aromatic carbocycles. The van der Waals surface area contributed by atoms with Gasteiger partial charge in [0.05, 0.1) is 11.0 Å². The molecule has 0 spiro atoms. The number of amides is 1. The molecule has 1 heterocycles. The number of hydrogen-bond acceptors (Lipinski definition) is 3. The van der Waals surface area contributed by atoms with Crippen LogP contribution in [0.25, 0.3) is 11.0 Å². The zero-order chi connectivity index (χ0) is 15.5. The average Bonchev–Trinajstić information content (AvgIpc) is 2.81. The maximum Gasteiger partial charge on any atom is 0.262 e. The van der Waals surface area contributed by atoms with E-state index in [1.807, 2.05) is 67.1 Å². The number of nitrogens with one attached hydrogen (secondary N) is 1. The van der Waals surface area contributed by atoms with E-state index in [1.165, 1.54) is 0 Å². The molecule has 0 atom stereocenters. The van der Waals surface area contributed by atoms with Crippen molar-refractivity contribution in [1.82, 2.24) is 9.55 Å². The number of rotatable bonds is 4. The quantitative estimate of drug-likeness (QED) is 0.805. The van der Waals surface area contributed by atoms with E-state index in [9.17, 15) is 4.79 Å². The van der Waals surface area contributed by atoms with E-state index < -0.39 is 0 Å². The standard InChI is InChI=1S/C17H17N3O2/c1-12-18-15-10-13(8-9-16(15)20(12)2)19-17(21)11-22-14-6-4-3-5-7-14/h3-10H,11H2,1-2H3,(H,19,21). The third kappa shape index (κ3) is 2.93. The number of imidazole rings is 1. The van der Waals surface area contributed by atoms with E-state index in [1.54, 1.807) is 0 Å². The largest absolute Gasteiger partial charge is 0.484 e. The van der Waals surface area contributed by atoms with Crippen LogP contribution in [0.2, 0.25) is 0 Å². The summed E-state index contributed by atoms with van der Waals surface area (Å²) in [6, 6.07) is 14.9. The fourth-order valence-electron chi connectivity index (χ4n) is 2.26. The third-order valence-corrected chi connectivity index (χ3v) is 3.50. The fourth-order valence-corrected chi connectivity index (χ4v) is 2.26. The number of ether oxygens (including phenoxy) is 1. The highest BCUT2D eigenvalue weighted by Crippen LogP contribution is 2.19. The second-order valence-corrected chi connectivity index (χ2v) is 5.07. The van der Waals surface area contributed by atoms with Crippen molar-refractivity contribution in [2.45, 2.75) is 6.92 Å². The van der Waals surface area contributed by atoms with Gasteiger partial charge in [0.1, 0.15) is 11.6 Å². The Kier molecular flexibility index (Phi) is 3.78. The van der Waals surface area contributed by atoms with Gasteiger partial charge >= 0.3 is 0 Å². The van der Waals surface area contributed by atoms with Crippen LogP contribution < -0.4 is 10.1 Å². The fraction of sp³-hybridized carbons (Fsp3) is 0.176. The van der Waals surface area contributed by atoms with E-state index >= 15 is 0 Å². The smallest absolute Gasteiger partial charge is 0.262 e. The number of anilines is 1. The van der Waals surface area contributed by atoms with Crippen LogP contribution in [0, 0.1) is 6.92 Å². The van der Waals surface area contributed by atoms with Gasteiger partial charge in [-0.15, -0.1) is 0 Å². The van der Waals surface area contributed by atoms with E-state index in [-0.39, 0.29) is 12.5 Å². The number of carbonyl (C=O) groups excluding carboxylic acids is 1. The molecule has 1 aromatic heterocycles. The number of nitrogens with zero attached hydrogens (tertiary/aromatic N) is 2. The Hall–Kier alpha value is -2.82. The van der Waals surface area contributed by atoms with Gasteiger partial charge in [0.25, 0.3) is 5.91 Å². The number of aromatic nitrogens is 2. The summed E-state index contributed by atoms with van der Waals surface area (Å²) >= 11 is 0. The van der Waals surface area contributed by atoms with Crippen LogP contribution in [0.1, 0.15) is 5.82 Å². The number of para-hydroxylation sites is 1. The maximum absolute atomic E-state index is 11.9. The molecule has 1 N–H and O–H groups in total. The second kappa shape index (κ2) is 5.89. The van der Waals surface area contributed by atoms with Gasteiger partial charge in [-0.25, -0.2) is 4.98 Å². The Morgan fingerprint density at radius 3 is 2.77 bits per heavy atom. The highest BCUT2D eigenvalue weighted by atomic mass is 16.5. The zero-order valence-electron chi connectivity index (χ0n) is 12.5. The molecule has 0 radical (unpaired) electrons. The van der Waals surface area contributed by atoms with E-state index in [0.29, 0.717) is 11.4 Å². The lowest BCUT2D eigenvalue weighted by molar-refractivity contribution is -0.118. The van der Waals surface area contributed by atoms with Crippen molar-refractivity contribution in [2.24, 2.45) is 7.05 Å². The highest BCUT2D eigenvalue weighted by Gasteiger charge is 2.07. The summed E-state index contributed by atoms with van der Waals surface area (Å²) in [5.74, 6) is 1.41. The minimum absolute atomic E-state index is 0.0245. The summed E-state index contributed by atoms with van der Waals surface area (Å²) in [6.45, 7) is 1.93. The molecule has 1 amide bonds. The Morgan fingerprint density at radius 2 is 2.00 bits per heavy atom. The van der Waals surface area contributed by atoms with E-state index in [2.05, 4.69) is 10.3 Å². The molecule has 3 aromatic rings. The number of aryl methyl sites for hydroxylation is 2. The lowest BCUT2D eigenvalue weighted by Gasteiger charge is -2.07. The van der Waals surface area contributed by atoms with Crippen LogP contribution >= 0.6 is 0 Å². The van der Waals surface area contributed by atoms with Crippen LogP contribution in [-0.2, 0) is 11.8 Å². The van der Waals surface area contributed by atoms with Crippen molar-refractivity contribution in [1.29, 1.82) is 0 Å². The predicted octanol–water partition coefficient (Wildman–Crippen LogP) is 2.90. The summed E-state index contributed by atoms with van der Waals surface area (Å²) in [7, 11) is 1.97. The zero-order valence-corrected chi connectivity index (χ0v) is 12.5. The molecule has 0 bridgehead atoms. The molecule has 0 aliphatic heterocycles. The van der Waals surface area contributed by atoms with E-state index in [4.69, 9.17) is 4.74 Å². The molecule has 0 fully saturated rings. The minimum atomic E-state index is -0.198. The second-order valence-electron chi connectivity index (χ2n) is 5.07. The molecule has 0 saturated heterocycles. The van der Waals surface area contributed by atoms with Crippen LogP contribution in [0.5, 0.6) is 5.75 Å². The molecule has 3 rings (SSSR count).